The van der Waals surface area contributed by atoms with Crippen molar-refractivity contribution < 1.29 is 9.47 Å². The largest absolute Gasteiger partial charge is 0.485 e. The van der Waals surface area contributed by atoms with Crippen LogP contribution in [0.15, 0.2) is 180 Å². The summed E-state index contributed by atoms with van der Waals surface area (Å²) in [6.07, 6.45) is 51.4. The van der Waals surface area contributed by atoms with E-state index < -0.39 is 0 Å². The Kier molecular flexibility index (Phi) is 9.72. The monoisotopic (exact) mass is 832 g/mol. The van der Waals surface area contributed by atoms with Crippen LogP contribution in [0.3, 0.4) is 0 Å². The maximum absolute atomic E-state index is 7.04. The number of fused-ring (bicyclic) bond motifs is 9. The minimum absolute atomic E-state index is 0.0616. The van der Waals surface area contributed by atoms with Crippen LogP contribution in [0.5, 0.6) is 5.75 Å². The Morgan fingerprint density at radius 3 is 2.49 bits per heavy atom. The Labute approximate surface area is 373 Å². The average Bonchev–Trinajstić information content (AvgIpc) is 4.04. The molecule has 0 spiro atoms. The zero-order valence-corrected chi connectivity index (χ0v) is 36.1. The quantitative estimate of drug-likeness (QED) is 0.252. The number of benzene rings is 2. The molecule has 7 aliphatic carbocycles. The van der Waals surface area contributed by atoms with Crippen molar-refractivity contribution in [3.8, 4) is 5.75 Å². The third kappa shape index (κ3) is 6.66. The zero-order chi connectivity index (χ0) is 41.4. The summed E-state index contributed by atoms with van der Waals surface area (Å²) in [5, 5.41) is 12.7. The van der Waals surface area contributed by atoms with Crippen molar-refractivity contribution in [2.24, 2.45) is 29.6 Å². The fourth-order valence-electron chi connectivity index (χ4n) is 13.5. The third-order valence-corrected chi connectivity index (χ3v) is 16.5. The van der Waals surface area contributed by atoms with E-state index in [4.69, 9.17) is 9.47 Å². The molecule has 2 aromatic rings. The molecule has 0 saturated carbocycles. The molecule has 14 unspecified atom stereocenters. The number of nitrogens with one attached hydrogen (secondary N) is 3. The lowest BCUT2D eigenvalue weighted by Gasteiger charge is -2.47. The summed E-state index contributed by atoms with van der Waals surface area (Å²) in [7, 11) is 0. The van der Waals surface area contributed by atoms with Crippen LogP contribution in [-0.2, 0) is 4.74 Å². The van der Waals surface area contributed by atoms with Crippen LogP contribution >= 0.6 is 0 Å². The molecular formula is C57H60N4O2. The molecule has 2 aromatic carbocycles. The number of ether oxygens (including phenoxy) is 2. The molecule has 2 fully saturated rings. The first-order valence-corrected chi connectivity index (χ1v) is 24.3. The van der Waals surface area contributed by atoms with Gasteiger partial charge in [-0.15, -0.1) is 0 Å². The molecule has 14 atom stereocenters. The molecule has 3 N–H and O–H groups in total. The second-order valence-electron chi connectivity index (χ2n) is 19.9. The van der Waals surface area contributed by atoms with Crippen LogP contribution in [0.1, 0.15) is 80.8 Å². The van der Waals surface area contributed by atoms with E-state index in [2.05, 4.69) is 173 Å². The van der Waals surface area contributed by atoms with Crippen molar-refractivity contribution in [2.75, 3.05) is 4.90 Å². The Bertz CT molecular complexity index is 2510. The van der Waals surface area contributed by atoms with E-state index in [1.54, 1.807) is 0 Å². The molecule has 6 heteroatoms. The molecule has 4 heterocycles. The Balaban J connectivity index is 0.841. The second kappa shape index (κ2) is 15.9. The lowest BCUT2D eigenvalue weighted by atomic mass is 9.70. The molecule has 0 amide bonds. The van der Waals surface area contributed by atoms with Gasteiger partial charge in [-0.1, -0.05) is 134 Å². The molecular weight excluding hydrogens is 773 g/mol. The maximum Gasteiger partial charge on any atom is 0.131 e. The molecule has 2 saturated heterocycles. The predicted octanol–water partition coefficient (Wildman–Crippen LogP) is 10.6. The highest BCUT2D eigenvalue weighted by atomic mass is 16.5. The van der Waals surface area contributed by atoms with Crippen LogP contribution in [0.4, 0.5) is 5.69 Å². The van der Waals surface area contributed by atoms with Crippen LogP contribution in [-0.4, -0.2) is 42.9 Å². The topological polar surface area (TPSA) is 57.8 Å². The smallest absolute Gasteiger partial charge is 0.131 e. The van der Waals surface area contributed by atoms with E-state index in [9.17, 15) is 0 Å². The number of anilines is 1. The van der Waals surface area contributed by atoms with Gasteiger partial charge in [0.25, 0.3) is 0 Å². The summed E-state index contributed by atoms with van der Waals surface area (Å²) in [5.41, 5.74) is 11.4. The lowest BCUT2D eigenvalue weighted by Crippen LogP contribution is -2.71. The first-order chi connectivity index (χ1) is 31.2. The average molecular weight is 833 g/mol. The summed E-state index contributed by atoms with van der Waals surface area (Å²) in [6.45, 7) is 0. The zero-order valence-electron chi connectivity index (χ0n) is 36.1. The first-order valence-electron chi connectivity index (χ1n) is 24.3. The normalized spacial score (nSPS) is 39.1. The van der Waals surface area contributed by atoms with E-state index in [1.807, 2.05) is 0 Å². The van der Waals surface area contributed by atoms with Gasteiger partial charge in [-0.05, 0) is 104 Å². The fraction of sp³-hybridized carbons (Fsp3) is 0.404. The Morgan fingerprint density at radius 2 is 1.56 bits per heavy atom. The number of hydrogen-bond acceptors (Lipinski definition) is 6. The predicted molar refractivity (Wildman–Crippen MR) is 253 cm³/mol. The summed E-state index contributed by atoms with van der Waals surface area (Å²) in [5.74, 6) is 3.46. The highest BCUT2D eigenvalue weighted by Gasteiger charge is 2.49. The van der Waals surface area contributed by atoms with Gasteiger partial charge in [0.1, 0.15) is 11.9 Å². The molecule has 4 aliphatic heterocycles. The summed E-state index contributed by atoms with van der Waals surface area (Å²) in [6, 6.07) is 18.2. The summed E-state index contributed by atoms with van der Waals surface area (Å²) >= 11 is 0. The van der Waals surface area contributed by atoms with E-state index >= 15 is 0 Å². The summed E-state index contributed by atoms with van der Waals surface area (Å²) < 4.78 is 14.0. The Hall–Kier alpha value is -4.98. The first kappa shape index (κ1) is 38.5. The van der Waals surface area contributed by atoms with Gasteiger partial charge in [0.05, 0.1) is 36.7 Å². The van der Waals surface area contributed by atoms with Crippen molar-refractivity contribution in [3.05, 3.63) is 191 Å². The van der Waals surface area contributed by atoms with Gasteiger partial charge in [-0.2, -0.15) is 0 Å². The molecule has 0 radical (unpaired) electrons. The van der Waals surface area contributed by atoms with E-state index in [0.29, 0.717) is 35.6 Å². The van der Waals surface area contributed by atoms with Crippen LogP contribution in [0.25, 0.3) is 0 Å². The molecule has 0 bridgehead atoms. The number of para-hydroxylation sites is 2. The lowest BCUT2D eigenvalue weighted by molar-refractivity contribution is 0.0286. The van der Waals surface area contributed by atoms with Gasteiger partial charge in [-0.25, -0.2) is 0 Å². The van der Waals surface area contributed by atoms with Gasteiger partial charge in [0.2, 0.25) is 0 Å². The van der Waals surface area contributed by atoms with Gasteiger partial charge in [0, 0.05) is 58.4 Å². The maximum atomic E-state index is 7.04. The number of hydrogen-bond donors (Lipinski definition) is 3. The number of nitrogens with zero attached hydrogens (tertiary/aromatic N) is 1. The molecule has 0 aromatic heterocycles. The van der Waals surface area contributed by atoms with Crippen molar-refractivity contribution in [3.63, 3.8) is 0 Å². The minimum atomic E-state index is 0.0616. The minimum Gasteiger partial charge on any atom is -0.485 e. The van der Waals surface area contributed by atoms with Crippen molar-refractivity contribution in [2.45, 2.75) is 112 Å². The van der Waals surface area contributed by atoms with E-state index in [1.165, 1.54) is 57.6 Å². The van der Waals surface area contributed by atoms with Gasteiger partial charge in [0.15, 0.2) is 0 Å². The van der Waals surface area contributed by atoms with Gasteiger partial charge >= 0.3 is 0 Å². The SMILES string of the molecule is C1=CC(C2NC(C3=CCCCC3)NC(C3C=C(C4CC=CC5C6C=CC=CC6OC45)C=C(C4=CCCC5c6ccccc6OC45)C3)N2)CC(N2c3ccccc3C3C=CC=CC32)=C1. The Morgan fingerprint density at radius 1 is 0.698 bits per heavy atom. The second-order valence-corrected chi connectivity index (χ2v) is 19.9. The standard InChI is InChI=1S/C57H60N4O2/c1-2-15-35(16-3-1)55-58-56(36-17-12-18-40(34-36)61-49-27-8-4-19-43(49)44-20-5-9-28-50(44)61)60-57(59-55)39-32-37(41-23-13-25-47-45-21-6-10-29-51(45)62-53(41)47)31-38(33-39)42-24-14-26-48-46-22-7-11-30-52(46)63-54(42)48/h4-13,15,17-22,24-25,27-32,36,39,41,43,45,47-49,51,53-60H,1-3,14,16,23,26,33-34H2. The summed E-state index contributed by atoms with van der Waals surface area (Å²) in [4.78, 5) is 2.64. The highest BCUT2D eigenvalue weighted by molar-refractivity contribution is 5.69. The third-order valence-electron chi connectivity index (χ3n) is 16.5. The molecule has 11 aliphatic rings. The molecule has 320 valence electrons. The number of allylic oxidation sites excluding steroid dienone is 11. The molecule has 63 heavy (non-hydrogen) atoms. The molecule has 6 nitrogen and oxygen atoms in total. The van der Waals surface area contributed by atoms with Gasteiger partial charge in [-0.3, -0.25) is 16.0 Å². The highest BCUT2D eigenvalue weighted by Crippen LogP contribution is 2.52. The van der Waals surface area contributed by atoms with Gasteiger partial charge < -0.3 is 14.4 Å². The van der Waals surface area contributed by atoms with Crippen molar-refractivity contribution in [1.29, 1.82) is 0 Å². The molecule has 13 rings (SSSR count). The van der Waals surface area contributed by atoms with Crippen LogP contribution in [0, 0.1) is 29.6 Å². The number of rotatable bonds is 6. The van der Waals surface area contributed by atoms with Crippen LogP contribution in [0.2, 0.25) is 0 Å². The fourth-order valence-corrected chi connectivity index (χ4v) is 13.5. The van der Waals surface area contributed by atoms with E-state index in [0.717, 1.165) is 50.7 Å². The van der Waals surface area contributed by atoms with Crippen molar-refractivity contribution >= 4 is 5.69 Å². The van der Waals surface area contributed by atoms with Crippen LogP contribution < -0.4 is 25.6 Å². The van der Waals surface area contributed by atoms with Crippen molar-refractivity contribution in [1.82, 2.24) is 16.0 Å². The van der Waals surface area contributed by atoms with E-state index in [-0.39, 0.29) is 48.6 Å².